The van der Waals surface area contributed by atoms with Crippen LogP contribution in [0.2, 0.25) is 0 Å². The molecule has 5 nitrogen and oxygen atoms in total. The summed E-state index contributed by atoms with van der Waals surface area (Å²) in [5, 5.41) is 2.65. The van der Waals surface area contributed by atoms with E-state index in [0.717, 1.165) is 0 Å². The van der Waals surface area contributed by atoms with E-state index in [0.29, 0.717) is 13.0 Å². The number of amides is 1. The molecule has 3 N–H and O–H groups in total. The van der Waals surface area contributed by atoms with E-state index >= 15 is 0 Å². The lowest BCUT2D eigenvalue weighted by molar-refractivity contribution is -0.149. The third-order valence-corrected chi connectivity index (χ3v) is 2.75. The average molecular weight is 244 g/mol. The lowest BCUT2D eigenvalue weighted by atomic mass is 9.97. The van der Waals surface area contributed by atoms with Crippen LogP contribution in [0.4, 0.5) is 0 Å². The van der Waals surface area contributed by atoms with Crippen LogP contribution in [-0.4, -0.2) is 30.1 Å². The van der Waals surface area contributed by atoms with Crippen molar-refractivity contribution in [2.45, 2.75) is 52.6 Å². The molecule has 0 saturated heterocycles. The summed E-state index contributed by atoms with van der Waals surface area (Å²) in [7, 11) is 0. The molecule has 17 heavy (non-hydrogen) atoms. The first-order chi connectivity index (χ1) is 7.76. The van der Waals surface area contributed by atoms with Gasteiger partial charge in [0, 0.05) is 0 Å². The molecule has 0 aromatic rings. The molecular weight excluding hydrogens is 220 g/mol. The van der Waals surface area contributed by atoms with Crippen LogP contribution in [0.3, 0.4) is 0 Å². The van der Waals surface area contributed by atoms with Crippen molar-refractivity contribution in [3.8, 4) is 0 Å². The Morgan fingerprint density at radius 3 is 2.24 bits per heavy atom. The molecule has 0 radical (unpaired) electrons. The average Bonchev–Trinajstić information content (AvgIpc) is 2.25. The molecular formula is C12H24N2O3. The first-order valence-corrected chi connectivity index (χ1v) is 6.02. The molecule has 2 atom stereocenters. The van der Waals surface area contributed by atoms with Gasteiger partial charge in [-0.15, -0.1) is 0 Å². The number of rotatable bonds is 6. The maximum absolute atomic E-state index is 11.9. The van der Waals surface area contributed by atoms with E-state index in [2.05, 4.69) is 5.32 Å². The Bertz CT molecular complexity index is 275. The van der Waals surface area contributed by atoms with Crippen molar-refractivity contribution in [2.24, 2.45) is 11.7 Å². The van der Waals surface area contributed by atoms with Crippen molar-refractivity contribution in [2.75, 3.05) is 6.61 Å². The van der Waals surface area contributed by atoms with Gasteiger partial charge in [-0.3, -0.25) is 4.79 Å². The molecule has 0 aromatic carbocycles. The fourth-order valence-electron chi connectivity index (χ4n) is 1.20. The molecule has 0 saturated carbocycles. The second kappa shape index (κ2) is 6.59. The zero-order valence-electron chi connectivity index (χ0n) is 11.4. The second-order valence-corrected chi connectivity index (χ2v) is 4.72. The van der Waals surface area contributed by atoms with E-state index < -0.39 is 17.6 Å². The highest BCUT2D eigenvalue weighted by atomic mass is 16.5. The summed E-state index contributed by atoms with van der Waals surface area (Å²) in [4.78, 5) is 23.5. The van der Waals surface area contributed by atoms with Crippen LogP contribution >= 0.6 is 0 Å². The summed E-state index contributed by atoms with van der Waals surface area (Å²) in [5.74, 6) is -0.778. The van der Waals surface area contributed by atoms with Crippen molar-refractivity contribution >= 4 is 11.9 Å². The molecule has 0 spiro atoms. The van der Waals surface area contributed by atoms with Crippen LogP contribution in [0.25, 0.3) is 0 Å². The van der Waals surface area contributed by atoms with Gasteiger partial charge in [-0.05, 0) is 26.2 Å². The lowest BCUT2D eigenvalue weighted by Crippen LogP contribution is -2.56. The molecule has 0 aliphatic rings. The summed E-state index contributed by atoms with van der Waals surface area (Å²) in [6, 6.07) is -0.642. The monoisotopic (exact) mass is 244 g/mol. The van der Waals surface area contributed by atoms with Gasteiger partial charge in [-0.2, -0.15) is 0 Å². The van der Waals surface area contributed by atoms with E-state index in [1.807, 2.05) is 20.8 Å². The minimum absolute atomic E-state index is 0.0364. The molecule has 0 aromatic heterocycles. The number of hydrogen-bond donors (Lipinski definition) is 2. The van der Waals surface area contributed by atoms with Gasteiger partial charge in [0.1, 0.15) is 6.04 Å². The highest BCUT2D eigenvalue weighted by Crippen LogP contribution is 2.09. The highest BCUT2D eigenvalue weighted by Gasteiger charge is 2.32. The molecule has 0 unspecified atom stereocenters. The van der Waals surface area contributed by atoms with Gasteiger partial charge in [0.15, 0.2) is 0 Å². The maximum atomic E-state index is 11.9. The third kappa shape index (κ3) is 4.73. The van der Waals surface area contributed by atoms with Crippen LogP contribution in [0, 0.1) is 5.92 Å². The number of carbonyl (C=O) groups is 2. The third-order valence-electron chi connectivity index (χ3n) is 2.75. The largest absolute Gasteiger partial charge is 0.464 e. The minimum Gasteiger partial charge on any atom is -0.464 e. The minimum atomic E-state index is -0.959. The summed E-state index contributed by atoms with van der Waals surface area (Å²) in [6.07, 6.45) is 0.506. The zero-order valence-corrected chi connectivity index (χ0v) is 11.4. The number of nitrogens with two attached hydrogens (primary N) is 1. The lowest BCUT2D eigenvalue weighted by Gasteiger charge is -2.27. The van der Waals surface area contributed by atoms with Crippen LogP contribution in [0.15, 0.2) is 0 Å². The Morgan fingerprint density at radius 1 is 1.35 bits per heavy atom. The van der Waals surface area contributed by atoms with E-state index in [1.165, 1.54) is 0 Å². The van der Waals surface area contributed by atoms with Gasteiger partial charge in [0.25, 0.3) is 0 Å². The molecule has 1 amide bonds. The Labute approximate surface area is 103 Å². The smallest absolute Gasteiger partial charge is 0.328 e. The van der Waals surface area contributed by atoms with Crippen molar-refractivity contribution in [1.82, 2.24) is 5.32 Å². The number of hydrogen-bond acceptors (Lipinski definition) is 4. The normalized spacial score (nSPS) is 16.2. The standard InChI is InChI=1S/C12H24N2O3/c1-6-12(5,13)11(16)14-9(8(3)4)10(15)17-7-2/h8-9H,6-7,13H2,1-5H3,(H,14,16)/t9-,12+/m0/s1. The van der Waals surface area contributed by atoms with Gasteiger partial charge < -0.3 is 15.8 Å². The molecule has 0 heterocycles. The molecule has 5 heteroatoms. The molecule has 0 aliphatic heterocycles. The van der Waals surface area contributed by atoms with Gasteiger partial charge in [-0.25, -0.2) is 4.79 Å². The Morgan fingerprint density at radius 2 is 1.88 bits per heavy atom. The summed E-state index contributed by atoms with van der Waals surface area (Å²) >= 11 is 0. The highest BCUT2D eigenvalue weighted by molar-refractivity contribution is 5.90. The first kappa shape index (κ1) is 15.9. The summed E-state index contributed by atoms with van der Waals surface area (Å²) < 4.78 is 4.92. The van der Waals surface area contributed by atoms with E-state index in [4.69, 9.17) is 10.5 Å². The quantitative estimate of drug-likeness (QED) is 0.678. The Hall–Kier alpha value is -1.10. The first-order valence-electron chi connectivity index (χ1n) is 6.02. The molecule has 0 aliphatic carbocycles. The predicted molar refractivity (Wildman–Crippen MR) is 66.3 cm³/mol. The summed E-state index contributed by atoms with van der Waals surface area (Å²) in [5.41, 5.74) is 4.86. The van der Waals surface area contributed by atoms with Crippen molar-refractivity contribution in [3.05, 3.63) is 0 Å². The van der Waals surface area contributed by atoms with E-state index in [1.54, 1.807) is 13.8 Å². The zero-order chi connectivity index (χ0) is 13.6. The number of nitrogens with one attached hydrogen (secondary N) is 1. The number of esters is 1. The predicted octanol–water partition coefficient (Wildman–Crippen LogP) is 0.818. The van der Waals surface area contributed by atoms with Crippen LogP contribution in [-0.2, 0) is 14.3 Å². The summed E-state index contributed by atoms with van der Waals surface area (Å²) in [6.45, 7) is 9.20. The number of ether oxygens (including phenoxy) is 1. The number of carbonyl (C=O) groups excluding carboxylic acids is 2. The molecule has 0 bridgehead atoms. The Balaban J connectivity index is 4.67. The van der Waals surface area contributed by atoms with Gasteiger partial charge >= 0.3 is 5.97 Å². The van der Waals surface area contributed by atoms with Crippen molar-refractivity contribution < 1.29 is 14.3 Å². The molecule has 0 fully saturated rings. The molecule has 100 valence electrons. The SMILES string of the molecule is CCOC(=O)[C@@H](NC(=O)[C@](C)(N)CC)C(C)C. The van der Waals surface area contributed by atoms with Crippen LogP contribution in [0.5, 0.6) is 0 Å². The van der Waals surface area contributed by atoms with Crippen LogP contribution in [0.1, 0.15) is 41.0 Å². The van der Waals surface area contributed by atoms with Gasteiger partial charge in [-0.1, -0.05) is 20.8 Å². The second-order valence-electron chi connectivity index (χ2n) is 4.72. The van der Waals surface area contributed by atoms with Gasteiger partial charge in [0.2, 0.25) is 5.91 Å². The topological polar surface area (TPSA) is 81.4 Å². The van der Waals surface area contributed by atoms with Gasteiger partial charge in [0.05, 0.1) is 12.1 Å². The van der Waals surface area contributed by atoms with E-state index in [9.17, 15) is 9.59 Å². The Kier molecular flexibility index (Phi) is 6.16. The van der Waals surface area contributed by atoms with E-state index in [-0.39, 0.29) is 11.8 Å². The van der Waals surface area contributed by atoms with Crippen LogP contribution < -0.4 is 11.1 Å². The fourth-order valence-corrected chi connectivity index (χ4v) is 1.20. The van der Waals surface area contributed by atoms with Crippen molar-refractivity contribution in [3.63, 3.8) is 0 Å². The fraction of sp³-hybridized carbons (Fsp3) is 0.833. The maximum Gasteiger partial charge on any atom is 0.328 e. The van der Waals surface area contributed by atoms with Crippen molar-refractivity contribution in [1.29, 1.82) is 0 Å². The molecule has 0 rings (SSSR count).